The van der Waals surface area contributed by atoms with E-state index in [2.05, 4.69) is 27.9 Å². The highest BCUT2D eigenvalue weighted by molar-refractivity contribution is 14.1. The van der Waals surface area contributed by atoms with E-state index in [1.165, 1.54) is 6.08 Å². The Labute approximate surface area is 273 Å². The molecule has 4 aromatic rings. The van der Waals surface area contributed by atoms with Crippen molar-refractivity contribution in [3.8, 4) is 17.2 Å². The zero-order chi connectivity index (χ0) is 31.2. The van der Waals surface area contributed by atoms with Crippen molar-refractivity contribution in [2.24, 2.45) is 0 Å². The number of benzene rings is 4. The average molecular weight is 723 g/mol. The van der Waals surface area contributed by atoms with Gasteiger partial charge in [-0.2, -0.15) is 0 Å². The van der Waals surface area contributed by atoms with Gasteiger partial charge in [0.2, 0.25) is 0 Å². The van der Waals surface area contributed by atoms with Crippen LogP contribution in [0.15, 0.2) is 90.5 Å². The van der Waals surface area contributed by atoms with E-state index in [0.717, 1.165) is 25.2 Å². The number of nitrogens with zero attached hydrogens (tertiary/aromatic N) is 1. The molecule has 0 saturated carbocycles. The van der Waals surface area contributed by atoms with Crippen LogP contribution >= 0.6 is 34.2 Å². The Balaban J connectivity index is 1.36. The van der Waals surface area contributed by atoms with E-state index in [1.54, 1.807) is 42.5 Å². The van der Waals surface area contributed by atoms with E-state index in [-0.39, 0.29) is 17.9 Å². The maximum atomic E-state index is 13.5. The van der Waals surface area contributed by atoms with Crippen LogP contribution in [-0.4, -0.2) is 24.5 Å². The third kappa shape index (κ3) is 7.23. The number of anilines is 1. The minimum atomic E-state index is -0.841. The summed E-state index contributed by atoms with van der Waals surface area (Å²) in [5.41, 5.74) is 3.61. The van der Waals surface area contributed by atoms with E-state index in [0.29, 0.717) is 41.0 Å². The van der Waals surface area contributed by atoms with Crippen molar-refractivity contribution >= 4 is 63.8 Å². The van der Waals surface area contributed by atoms with Crippen LogP contribution in [0.25, 0.3) is 6.08 Å². The standard InChI is InChI=1S/C34H28ClIN2O6/c1-3-42-30-18-23(17-29(36)31(30)44-19-22-10-8-21(2)9-11-22)16-27-32(39)37-34(41)38(33(27)40)25-12-14-26(15-13-25)43-20-24-6-4-5-7-28(24)35/h4-18H,3,19-20H2,1-2H3,(H,37,39,41)/b27-16+. The molecule has 1 heterocycles. The number of ether oxygens (including phenoxy) is 3. The van der Waals surface area contributed by atoms with Gasteiger partial charge in [0.15, 0.2) is 11.5 Å². The summed E-state index contributed by atoms with van der Waals surface area (Å²) in [6.07, 6.45) is 1.44. The van der Waals surface area contributed by atoms with Gasteiger partial charge in [-0.1, -0.05) is 59.6 Å². The van der Waals surface area contributed by atoms with Gasteiger partial charge in [0.05, 0.1) is 15.9 Å². The molecule has 4 aromatic carbocycles. The first-order chi connectivity index (χ1) is 21.2. The van der Waals surface area contributed by atoms with Gasteiger partial charge >= 0.3 is 6.03 Å². The van der Waals surface area contributed by atoms with Gasteiger partial charge in [-0.25, -0.2) is 9.69 Å². The highest BCUT2D eigenvalue weighted by atomic mass is 127. The summed E-state index contributed by atoms with van der Waals surface area (Å²) in [6, 6.07) is 24.5. The molecule has 0 aromatic heterocycles. The van der Waals surface area contributed by atoms with Crippen LogP contribution in [0.1, 0.15) is 29.2 Å². The number of barbiturate groups is 1. The number of halogens is 2. The van der Waals surface area contributed by atoms with Crippen LogP contribution in [0.5, 0.6) is 17.2 Å². The molecule has 0 aliphatic carbocycles. The van der Waals surface area contributed by atoms with Crippen molar-refractivity contribution in [1.29, 1.82) is 0 Å². The van der Waals surface area contributed by atoms with Gasteiger partial charge in [0.1, 0.15) is 24.5 Å². The lowest BCUT2D eigenvalue weighted by Crippen LogP contribution is -2.54. The zero-order valence-corrected chi connectivity index (χ0v) is 26.8. The van der Waals surface area contributed by atoms with Crippen LogP contribution in [0.3, 0.4) is 0 Å². The molecular weight excluding hydrogens is 695 g/mol. The number of amides is 4. The van der Waals surface area contributed by atoms with Gasteiger partial charge in [-0.3, -0.25) is 14.9 Å². The fraction of sp³-hybridized carbons (Fsp3) is 0.147. The van der Waals surface area contributed by atoms with Crippen molar-refractivity contribution in [1.82, 2.24) is 5.32 Å². The summed E-state index contributed by atoms with van der Waals surface area (Å²) < 4.78 is 18.5. The van der Waals surface area contributed by atoms with Crippen molar-refractivity contribution in [2.75, 3.05) is 11.5 Å². The molecule has 0 spiro atoms. The lowest BCUT2D eigenvalue weighted by Gasteiger charge is -2.26. The second-order valence-corrected chi connectivity index (χ2v) is 11.4. The number of urea groups is 1. The minimum absolute atomic E-state index is 0.199. The molecule has 0 radical (unpaired) electrons. The summed E-state index contributed by atoms with van der Waals surface area (Å²) in [4.78, 5) is 40.0. The lowest BCUT2D eigenvalue weighted by molar-refractivity contribution is -0.122. The molecule has 224 valence electrons. The second kappa shape index (κ2) is 14.0. The fourth-order valence-corrected chi connectivity index (χ4v) is 5.41. The van der Waals surface area contributed by atoms with Gasteiger partial charge in [0, 0.05) is 10.6 Å². The smallest absolute Gasteiger partial charge is 0.335 e. The highest BCUT2D eigenvalue weighted by Crippen LogP contribution is 2.36. The number of imide groups is 2. The van der Waals surface area contributed by atoms with Crippen molar-refractivity contribution in [3.05, 3.63) is 121 Å². The van der Waals surface area contributed by atoms with E-state index in [4.69, 9.17) is 25.8 Å². The Morgan fingerprint density at radius 3 is 2.32 bits per heavy atom. The largest absolute Gasteiger partial charge is 0.490 e. The second-order valence-electron chi connectivity index (χ2n) is 9.87. The molecule has 4 amide bonds. The normalized spacial score (nSPS) is 14.0. The molecule has 1 fully saturated rings. The monoisotopic (exact) mass is 722 g/mol. The molecule has 8 nitrogen and oxygen atoms in total. The number of carbonyl (C=O) groups is 3. The summed E-state index contributed by atoms with van der Waals surface area (Å²) >= 11 is 8.33. The highest BCUT2D eigenvalue weighted by Gasteiger charge is 2.37. The molecular formula is C34H28ClIN2O6. The Bertz CT molecular complexity index is 1740. The van der Waals surface area contributed by atoms with Gasteiger partial charge in [-0.05, 0) is 96.1 Å². The number of rotatable bonds is 10. The first kappa shape index (κ1) is 31.1. The van der Waals surface area contributed by atoms with Crippen LogP contribution in [0.2, 0.25) is 5.02 Å². The lowest BCUT2D eigenvalue weighted by atomic mass is 10.1. The Hall–Kier alpha value is -4.35. The summed E-state index contributed by atoms with van der Waals surface area (Å²) in [5, 5.41) is 2.85. The van der Waals surface area contributed by atoms with Crippen LogP contribution in [-0.2, 0) is 22.8 Å². The number of nitrogens with one attached hydrogen (secondary N) is 1. The third-order valence-electron chi connectivity index (χ3n) is 6.70. The fourth-order valence-electron chi connectivity index (χ4n) is 4.44. The number of carbonyl (C=O) groups excluding carboxylic acids is 3. The SMILES string of the molecule is CCOc1cc(/C=C2\C(=O)NC(=O)N(c3ccc(OCc4ccccc4Cl)cc3)C2=O)cc(I)c1OCc1ccc(C)cc1. The average Bonchev–Trinajstić information content (AvgIpc) is 3.00. The first-order valence-corrected chi connectivity index (χ1v) is 15.2. The molecule has 0 unspecified atom stereocenters. The quantitative estimate of drug-likeness (QED) is 0.104. The zero-order valence-electron chi connectivity index (χ0n) is 23.9. The van der Waals surface area contributed by atoms with Crippen molar-refractivity contribution < 1.29 is 28.6 Å². The molecule has 1 aliphatic rings. The maximum absolute atomic E-state index is 13.5. The first-order valence-electron chi connectivity index (χ1n) is 13.8. The van der Waals surface area contributed by atoms with E-state index in [1.807, 2.05) is 56.3 Å². The Kier molecular flexibility index (Phi) is 9.86. The summed E-state index contributed by atoms with van der Waals surface area (Å²) in [7, 11) is 0. The maximum Gasteiger partial charge on any atom is 0.335 e. The van der Waals surface area contributed by atoms with Crippen molar-refractivity contribution in [3.63, 3.8) is 0 Å². The molecule has 0 bridgehead atoms. The number of aryl methyl sites for hydroxylation is 1. The molecule has 5 rings (SSSR count). The number of hydrogen-bond donors (Lipinski definition) is 1. The van der Waals surface area contributed by atoms with Crippen LogP contribution in [0, 0.1) is 10.5 Å². The van der Waals surface area contributed by atoms with Crippen molar-refractivity contribution in [2.45, 2.75) is 27.1 Å². The van der Waals surface area contributed by atoms with E-state index < -0.39 is 17.8 Å². The third-order valence-corrected chi connectivity index (χ3v) is 7.87. The Morgan fingerprint density at radius 1 is 0.886 bits per heavy atom. The van der Waals surface area contributed by atoms with Gasteiger partial charge in [0.25, 0.3) is 11.8 Å². The Morgan fingerprint density at radius 2 is 1.61 bits per heavy atom. The van der Waals surface area contributed by atoms with Crippen LogP contribution in [0.4, 0.5) is 10.5 Å². The topological polar surface area (TPSA) is 94.2 Å². The molecule has 1 N–H and O–H groups in total. The van der Waals surface area contributed by atoms with Gasteiger partial charge in [-0.15, -0.1) is 0 Å². The predicted octanol–water partition coefficient (Wildman–Crippen LogP) is 7.48. The molecule has 1 aliphatic heterocycles. The molecule has 44 heavy (non-hydrogen) atoms. The van der Waals surface area contributed by atoms with Gasteiger partial charge < -0.3 is 14.2 Å². The summed E-state index contributed by atoms with van der Waals surface area (Å²) in [5.74, 6) is 0.0124. The molecule has 0 atom stereocenters. The molecule has 1 saturated heterocycles. The van der Waals surface area contributed by atoms with E-state index in [9.17, 15) is 14.4 Å². The van der Waals surface area contributed by atoms with E-state index >= 15 is 0 Å². The van der Waals surface area contributed by atoms with Crippen LogP contribution < -0.4 is 24.4 Å². The molecule has 10 heteroatoms. The minimum Gasteiger partial charge on any atom is -0.490 e. The summed E-state index contributed by atoms with van der Waals surface area (Å²) in [6.45, 7) is 4.87. The predicted molar refractivity (Wildman–Crippen MR) is 177 cm³/mol. The number of hydrogen-bond acceptors (Lipinski definition) is 6.